The van der Waals surface area contributed by atoms with E-state index in [4.69, 9.17) is 0 Å². The Labute approximate surface area is 81.3 Å². The second-order valence-electron chi connectivity index (χ2n) is 3.43. The van der Waals surface area contributed by atoms with Gasteiger partial charge in [-0.15, -0.1) is 0 Å². The van der Waals surface area contributed by atoms with Gasteiger partial charge in [-0.1, -0.05) is 0 Å². The van der Waals surface area contributed by atoms with Crippen molar-refractivity contribution in [3.63, 3.8) is 0 Å². The molecule has 0 aliphatic heterocycles. The van der Waals surface area contributed by atoms with Gasteiger partial charge in [0.2, 0.25) is 0 Å². The normalized spacial score (nSPS) is 16.0. The minimum absolute atomic E-state index is 0.0850. The molecular formula is C9H11N3O2. The standard InChI is InChI=1S/C9H11N3O2/c13-12(14)8-4-5-10-9(6-8)11-7-2-1-3-7/h4-7H,1-3H2,(H,10,11). The second kappa shape index (κ2) is 3.61. The molecule has 1 fully saturated rings. The van der Waals surface area contributed by atoms with Gasteiger partial charge in [-0.2, -0.15) is 0 Å². The molecule has 5 heteroatoms. The number of nitro groups is 1. The number of nitrogens with one attached hydrogen (secondary N) is 1. The minimum Gasteiger partial charge on any atom is -0.367 e. The molecule has 0 aromatic carbocycles. The smallest absolute Gasteiger partial charge is 0.274 e. The summed E-state index contributed by atoms with van der Waals surface area (Å²) in [6.07, 6.45) is 4.94. The van der Waals surface area contributed by atoms with E-state index in [1.165, 1.54) is 24.8 Å². The topological polar surface area (TPSA) is 68.1 Å². The molecule has 0 radical (unpaired) electrons. The van der Waals surface area contributed by atoms with Gasteiger partial charge in [-0.25, -0.2) is 4.98 Å². The maximum atomic E-state index is 10.5. The zero-order chi connectivity index (χ0) is 9.97. The first-order valence-corrected chi connectivity index (χ1v) is 4.63. The molecule has 1 N–H and O–H groups in total. The fourth-order valence-electron chi connectivity index (χ4n) is 1.37. The van der Waals surface area contributed by atoms with Crippen LogP contribution in [0.25, 0.3) is 0 Å². The van der Waals surface area contributed by atoms with Crippen LogP contribution in [0.1, 0.15) is 19.3 Å². The summed E-state index contributed by atoms with van der Waals surface area (Å²) in [6, 6.07) is 3.31. The van der Waals surface area contributed by atoms with Gasteiger partial charge in [0.05, 0.1) is 11.0 Å². The van der Waals surface area contributed by atoms with Crippen molar-refractivity contribution in [3.8, 4) is 0 Å². The molecule has 1 aromatic heterocycles. The predicted molar refractivity (Wildman–Crippen MR) is 52.2 cm³/mol. The number of nitrogens with zero attached hydrogens (tertiary/aromatic N) is 2. The monoisotopic (exact) mass is 193 g/mol. The third kappa shape index (κ3) is 1.81. The summed E-state index contributed by atoms with van der Waals surface area (Å²) >= 11 is 0. The van der Waals surface area contributed by atoms with Crippen LogP contribution in [-0.2, 0) is 0 Å². The van der Waals surface area contributed by atoms with Gasteiger partial charge in [0.1, 0.15) is 5.82 Å². The van der Waals surface area contributed by atoms with Crippen molar-refractivity contribution in [1.82, 2.24) is 4.98 Å². The molecule has 0 saturated heterocycles. The van der Waals surface area contributed by atoms with E-state index >= 15 is 0 Å². The maximum absolute atomic E-state index is 10.5. The Morgan fingerprint density at radius 2 is 2.36 bits per heavy atom. The highest BCUT2D eigenvalue weighted by Gasteiger charge is 2.18. The summed E-state index contributed by atoms with van der Waals surface area (Å²) in [7, 11) is 0. The predicted octanol–water partition coefficient (Wildman–Crippen LogP) is 1.95. The molecule has 2 rings (SSSR count). The summed E-state index contributed by atoms with van der Waals surface area (Å²) in [5.74, 6) is 0.601. The summed E-state index contributed by atoms with van der Waals surface area (Å²) in [4.78, 5) is 14.1. The molecule has 0 bridgehead atoms. The largest absolute Gasteiger partial charge is 0.367 e. The van der Waals surface area contributed by atoms with Crippen molar-refractivity contribution < 1.29 is 4.92 Å². The molecular weight excluding hydrogens is 182 g/mol. The quantitative estimate of drug-likeness (QED) is 0.588. The van der Waals surface area contributed by atoms with Crippen LogP contribution in [0.2, 0.25) is 0 Å². The van der Waals surface area contributed by atoms with E-state index in [9.17, 15) is 10.1 Å². The first-order chi connectivity index (χ1) is 6.75. The zero-order valence-electron chi connectivity index (χ0n) is 7.64. The van der Waals surface area contributed by atoms with Gasteiger partial charge in [0, 0.05) is 18.3 Å². The Balaban J connectivity index is 2.09. The van der Waals surface area contributed by atoms with Crippen LogP contribution in [0.3, 0.4) is 0 Å². The summed E-state index contributed by atoms with van der Waals surface area (Å²) in [6.45, 7) is 0. The third-order valence-electron chi connectivity index (χ3n) is 2.41. The second-order valence-corrected chi connectivity index (χ2v) is 3.43. The molecule has 14 heavy (non-hydrogen) atoms. The Bertz CT molecular complexity index is 350. The third-order valence-corrected chi connectivity index (χ3v) is 2.41. The Kier molecular flexibility index (Phi) is 2.30. The van der Waals surface area contributed by atoms with Gasteiger partial charge in [0.25, 0.3) is 5.69 Å². The Hall–Kier alpha value is -1.65. The van der Waals surface area contributed by atoms with E-state index < -0.39 is 4.92 Å². The maximum Gasteiger partial charge on any atom is 0.274 e. The minimum atomic E-state index is -0.409. The van der Waals surface area contributed by atoms with Crippen LogP contribution in [0, 0.1) is 10.1 Å². The highest BCUT2D eigenvalue weighted by Crippen LogP contribution is 2.23. The fourth-order valence-corrected chi connectivity index (χ4v) is 1.37. The highest BCUT2D eigenvalue weighted by atomic mass is 16.6. The zero-order valence-corrected chi connectivity index (χ0v) is 7.64. The number of hydrogen-bond acceptors (Lipinski definition) is 4. The number of pyridine rings is 1. The van der Waals surface area contributed by atoms with Crippen LogP contribution >= 0.6 is 0 Å². The molecule has 1 saturated carbocycles. The first kappa shape index (κ1) is 8.93. The lowest BCUT2D eigenvalue weighted by Crippen LogP contribution is -2.27. The highest BCUT2D eigenvalue weighted by molar-refractivity contribution is 5.45. The van der Waals surface area contributed by atoms with Crippen molar-refractivity contribution in [3.05, 3.63) is 28.4 Å². The Morgan fingerprint density at radius 3 is 2.93 bits per heavy atom. The van der Waals surface area contributed by atoms with Crippen molar-refractivity contribution in [2.45, 2.75) is 25.3 Å². The van der Waals surface area contributed by atoms with Crippen molar-refractivity contribution in [2.24, 2.45) is 0 Å². The van der Waals surface area contributed by atoms with Gasteiger partial charge in [0.15, 0.2) is 0 Å². The van der Waals surface area contributed by atoms with E-state index in [-0.39, 0.29) is 5.69 Å². The fraction of sp³-hybridized carbons (Fsp3) is 0.444. The average molecular weight is 193 g/mol. The number of aromatic nitrogens is 1. The summed E-state index contributed by atoms with van der Waals surface area (Å²) in [5.41, 5.74) is 0.0850. The SMILES string of the molecule is O=[N+]([O-])c1ccnc(NC2CCC2)c1. The van der Waals surface area contributed by atoms with Crippen molar-refractivity contribution >= 4 is 11.5 Å². The number of anilines is 1. The van der Waals surface area contributed by atoms with E-state index in [0.717, 1.165) is 12.8 Å². The molecule has 1 aromatic rings. The number of hydrogen-bond donors (Lipinski definition) is 1. The number of rotatable bonds is 3. The molecule has 1 aliphatic rings. The molecule has 1 aliphatic carbocycles. The van der Waals surface area contributed by atoms with Gasteiger partial charge >= 0.3 is 0 Å². The van der Waals surface area contributed by atoms with Crippen LogP contribution < -0.4 is 5.32 Å². The molecule has 1 heterocycles. The summed E-state index contributed by atoms with van der Waals surface area (Å²) in [5, 5.41) is 13.6. The molecule has 0 spiro atoms. The van der Waals surface area contributed by atoms with E-state index in [0.29, 0.717) is 11.9 Å². The molecule has 0 amide bonds. The Morgan fingerprint density at radius 1 is 1.57 bits per heavy atom. The molecule has 5 nitrogen and oxygen atoms in total. The lowest BCUT2D eigenvalue weighted by atomic mass is 9.93. The lowest BCUT2D eigenvalue weighted by Gasteiger charge is -2.26. The van der Waals surface area contributed by atoms with E-state index in [1.54, 1.807) is 0 Å². The van der Waals surface area contributed by atoms with Crippen LogP contribution in [0.15, 0.2) is 18.3 Å². The first-order valence-electron chi connectivity index (χ1n) is 4.63. The lowest BCUT2D eigenvalue weighted by molar-refractivity contribution is -0.384. The molecule has 74 valence electrons. The molecule has 0 atom stereocenters. The average Bonchev–Trinajstić information content (AvgIpc) is 2.12. The van der Waals surface area contributed by atoms with Gasteiger partial charge < -0.3 is 5.32 Å². The van der Waals surface area contributed by atoms with Crippen molar-refractivity contribution in [1.29, 1.82) is 0 Å². The van der Waals surface area contributed by atoms with E-state index in [2.05, 4.69) is 10.3 Å². The summed E-state index contributed by atoms with van der Waals surface area (Å²) < 4.78 is 0. The van der Waals surface area contributed by atoms with Gasteiger partial charge in [-0.3, -0.25) is 10.1 Å². The van der Waals surface area contributed by atoms with Gasteiger partial charge in [-0.05, 0) is 19.3 Å². The van der Waals surface area contributed by atoms with Crippen molar-refractivity contribution in [2.75, 3.05) is 5.32 Å². The van der Waals surface area contributed by atoms with Crippen LogP contribution in [0.4, 0.5) is 11.5 Å². The molecule has 0 unspecified atom stereocenters. The van der Waals surface area contributed by atoms with Crippen LogP contribution in [-0.4, -0.2) is 15.9 Å². The van der Waals surface area contributed by atoms with E-state index in [1.807, 2.05) is 0 Å². The van der Waals surface area contributed by atoms with Crippen LogP contribution in [0.5, 0.6) is 0 Å².